The van der Waals surface area contributed by atoms with E-state index in [2.05, 4.69) is 10.3 Å². The van der Waals surface area contributed by atoms with Gasteiger partial charge in [-0.1, -0.05) is 57.0 Å². The van der Waals surface area contributed by atoms with Crippen LogP contribution in [0.3, 0.4) is 0 Å². The second-order valence-corrected chi connectivity index (χ2v) is 16.5. The van der Waals surface area contributed by atoms with Crippen LogP contribution in [0.15, 0.2) is 42.6 Å². The lowest BCUT2D eigenvalue weighted by Gasteiger charge is -2.30. The van der Waals surface area contributed by atoms with Crippen LogP contribution < -0.4 is 9.50 Å². The molecule has 1 saturated heterocycles. The third kappa shape index (κ3) is 6.24. The lowest BCUT2D eigenvalue weighted by Crippen LogP contribution is -2.51. The minimum Gasteiger partial charge on any atom is -0.453 e. The summed E-state index contributed by atoms with van der Waals surface area (Å²) in [6.07, 6.45) is 8.98. The average Bonchev–Trinajstić information content (AvgIpc) is 3.51. The van der Waals surface area contributed by atoms with E-state index in [4.69, 9.17) is 13.9 Å². The summed E-state index contributed by atoms with van der Waals surface area (Å²) < 4.78 is 73.0. The van der Waals surface area contributed by atoms with Crippen molar-refractivity contribution in [2.75, 3.05) is 13.7 Å². The van der Waals surface area contributed by atoms with Gasteiger partial charge in [-0.2, -0.15) is 21.6 Å². The van der Waals surface area contributed by atoms with E-state index in [9.17, 15) is 31.2 Å². The number of hydrogen-bond acceptors (Lipinski definition) is 7. The molecule has 4 aliphatic rings. The molecule has 3 aromatic rings. The van der Waals surface area contributed by atoms with E-state index in [0.29, 0.717) is 30.8 Å². The molecule has 7 rings (SSSR count). The predicted molar refractivity (Wildman–Crippen MR) is 178 cm³/mol. The fourth-order valence-corrected chi connectivity index (χ4v) is 8.79. The Balaban J connectivity index is 1.15. The number of carbonyl (C=O) groups excluding carboxylic acids is 2. The standard InChI is InChI=1S/C36H41F3N4O6S/c1-21(2)30(42-33(45)48-3)32(44)43-20-35(14-15-35)18-28(43)31-40-19-27(41-31)23-8-6-22(7-9-23)24-10-11-29(49-50(46,47)36(37,38)39)26-17-34(16-25(24)26)12-4-5-13-34/h6-11,19,21,28,30H,4-5,12-18,20H2,1-3H3,(H,40,41)(H,42,45)/t28-,30-/m0/s1. The Morgan fingerprint density at radius 2 is 1.64 bits per heavy atom. The number of carbonyl (C=O) groups is 2. The van der Waals surface area contributed by atoms with Gasteiger partial charge in [-0.05, 0) is 90.0 Å². The first-order chi connectivity index (χ1) is 23.6. The highest BCUT2D eigenvalue weighted by atomic mass is 32.2. The molecule has 0 radical (unpaired) electrons. The maximum absolute atomic E-state index is 13.8. The number of imidazole rings is 1. The van der Waals surface area contributed by atoms with Crippen LogP contribution in [0.1, 0.15) is 81.8 Å². The molecule has 50 heavy (non-hydrogen) atoms. The largest absolute Gasteiger partial charge is 0.534 e. The minimum atomic E-state index is -5.80. The Morgan fingerprint density at radius 3 is 2.26 bits per heavy atom. The van der Waals surface area contributed by atoms with E-state index in [1.165, 1.54) is 13.2 Å². The van der Waals surface area contributed by atoms with Gasteiger partial charge in [0.1, 0.15) is 17.6 Å². The zero-order valence-electron chi connectivity index (χ0n) is 28.2. The number of H-pyrrole nitrogens is 1. The van der Waals surface area contributed by atoms with E-state index >= 15 is 0 Å². The molecule has 2 spiro atoms. The summed E-state index contributed by atoms with van der Waals surface area (Å²) in [7, 11) is -4.53. The maximum atomic E-state index is 13.8. The molecule has 2 aromatic carbocycles. The van der Waals surface area contributed by atoms with Crippen molar-refractivity contribution in [3.05, 3.63) is 59.5 Å². The van der Waals surface area contributed by atoms with Crippen molar-refractivity contribution in [2.45, 2.75) is 89.2 Å². The van der Waals surface area contributed by atoms with Crippen LogP contribution in [0.4, 0.5) is 18.0 Å². The Hall–Kier alpha value is -4.07. The van der Waals surface area contributed by atoms with Crippen LogP contribution in [0, 0.1) is 16.7 Å². The highest BCUT2D eigenvalue weighted by molar-refractivity contribution is 7.88. The normalized spacial score (nSPS) is 21.1. The van der Waals surface area contributed by atoms with Gasteiger partial charge >= 0.3 is 21.7 Å². The predicted octanol–water partition coefficient (Wildman–Crippen LogP) is 7.07. The van der Waals surface area contributed by atoms with Gasteiger partial charge in [-0.15, -0.1) is 0 Å². The number of nitrogens with zero attached hydrogens (tertiary/aromatic N) is 2. The molecule has 2 atom stereocenters. The Bertz CT molecular complexity index is 1910. The monoisotopic (exact) mass is 714 g/mol. The third-order valence-corrected chi connectivity index (χ3v) is 12.2. The molecule has 3 fully saturated rings. The fourth-order valence-electron chi connectivity index (χ4n) is 8.30. The van der Waals surface area contributed by atoms with Crippen LogP contribution in [0.25, 0.3) is 22.4 Å². The molecule has 1 aliphatic heterocycles. The van der Waals surface area contributed by atoms with E-state index in [1.54, 1.807) is 12.3 Å². The summed E-state index contributed by atoms with van der Waals surface area (Å²) in [5, 5.41) is 2.70. The highest BCUT2D eigenvalue weighted by Gasteiger charge is 2.55. The summed E-state index contributed by atoms with van der Waals surface area (Å²) in [5.74, 6) is 0.108. The summed E-state index contributed by atoms with van der Waals surface area (Å²) in [4.78, 5) is 35.8. The van der Waals surface area contributed by atoms with Gasteiger partial charge in [-0.3, -0.25) is 4.79 Å². The lowest BCUT2D eigenvalue weighted by atomic mass is 9.83. The molecular weight excluding hydrogens is 673 g/mol. The van der Waals surface area contributed by atoms with Crippen molar-refractivity contribution in [1.82, 2.24) is 20.2 Å². The smallest absolute Gasteiger partial charge is 0.453 e. The zero-order chi connectivity index (χ0) is 35.6. The topological polar surface area (TPSA) is 131 Å². The molecule has 0 bridgehead atoms. The SMILES string of the molecule is COC(=O)N[C@H](C(=O)N1CC2(CC2)C[C@H]1c1ncc(-c2ccc(-c3ccc(OS(=O)(=O)C(F)(F)F)c4c3CC3(CCCC3)C4)cc2)[nH]1)C(C)C. The lowest BCUT2D eigenvalue weighted by molar-refractivity contribution is -0.135. The number of hydrogen-bond donors (Lipinski definition) is 2. The molecule has 10 nitrogen and oxygen atoms in total. The minimum absolute atomic E-state index is 0.0661. The number of alkyl carbamates (subject to hydrolysis) is 1. The molecule has 2 saturated carbocycles. The van der Waals surface area contributed by atoms with Crippen molar-refractivity contribution >= 4 is 22.1 Å². The van der Waals surface area contributed by atoms with Gasteiger partial charge in [0, 0.05) is 12.1 Å². The van der Waals surface area contributed by atoms with Crippen LogP contribution >= 0.6 is 0 Å². The number of amides is 2. The van der Waals surface area contributed by atoms with Gasteiger partial charge in [0.15, 0.2) is 0 Å². The second-order valence-electron chi connectivity index (χ2n) is 14.9. The van der Waals surface area contributed by atoms with E-state index < -0.39 is 27.8 Å². The Kier molecular flexibility index (Phi) is 8.46. The molecule has 2 heterocycles. The van der Waals surface area contributed by atoms with E-state index in [1.807, 2.05) is 43.0 Å². The molecule has 2 N–H and O–H groups in total. The number of fused-ring (bicyclic) bond motifs is 1. The number of aromatic amines is 1. The number of ether oxygens (including phenoxy) is 1. The zero-order valence-corrected chi connectivity index (χ0v) is 29.0. The second kappa shape index (κ2) is 12.3. The summed E-state index contributed by atoms with van der Waals surface area (Å²) >= 11 is 0. The van der Waals surface area contributed by atoms with Gasteiger partial charge < -0.3 is 24.1 Å². The van der Waals surface area contributed by atoms with Crippen LogP contribution in [0.2, 0.25) is 0 Å². The average molecular weight is 715 g/mol. The number of likely N-dealkylation sites (tertiary alicyclic amines) is 1. The Morgan fingerprint density at radius 1 is 0.980 bits per heavy atom. The van der Waals surface area contributed by atoms with E-state index in [0.717, 1.165) is 72.9 Å². The molecule has 0 unspecified atom stereocenters. The number of rotatable bonds is 8. The first-order valence-electron chi connectivity index (χ1n) is 17.1. The van der Waals surface area contributed by atoms with Crippen molar-refractivity contribution in [3.8, 4) is 28.1 Å². The Labute approximate surface area is 289 Å². The number of halogens is 3. The highest BCUT2D eigenvalue weighted by Crippen LogP contribution is 2.58. The van der Waals surface area contributed by atoms with Gasteiger partial charge in [0.2, 0.25) is 5.91 Å². The van der Waals surface area contributed by atoms with Crippen molar-refractivity contribution in [2.24, 2.45) is 16.7 Å². The quantitative estimate of drug-likeness (QED) is 0.189. The molecule has 3 aliphatic carbocycles. The van der Waals surface area contributed by atoms with Gasteiger partial charge in [0.25, 0.3) is 0 Å². The van der Waals surface area contributed by atoms with Crippen LogP contribution in [-0.4, -0.2) is 60.5 Å². The number of aromatic nitrogens is 2. The van der Waals surface area contributed by atoms with Gasteiger partial charge in [-0.25, -0.2) is 9.78 Å². The fraction of sp³-hybridized carbons (Fsp3) is 0.528. The van der Waals surface area contributed by atoms with Crippen molar-refractivity contribution < 1.29 is 40.1 Å². The molecule has 2 amide bonds. The molecular formula is C36H41F3N4O6S. The van der Waals surface area contributed by atoms with Crippen molar-refractivity contribution in [3.63, 3.8) is 0 Å². The van der Waals surface area contributed by atoms with Gasteiger partial charge in [0.05, 0.1) is 25.0 Å². The van der Waals surface area contributed by atoms with Crippen LogP contribution in [0.5, 0.6) is 5.75 Å². The number of alkyl halides is 3. The first kappa shape index (κ1) is 34.4. The third-order valence-electron chi connectivity index (χ3n) is 11.2. The van der Waals surface area contributed by atoms with Crippen molar-refractivity contribution in [1.29, 1.82) is 0 Å². The summed E-state index contributed by atoms with van der Waals surface area (Å²) in [5.41, 5.74) is -0.880. The number of benzene rings is 2. The molecule has 1 aromatic heterocycles. The van der Waals surface area contributed by atoms with E-state index in [-0.39, 0.29) is 34.4 Å². The van der Waals surface area contributed by atoms with Crippen LogP contribution in [-0.2, 0) is 32.5 Å². The summed E-state index contributed by atoms with van der Waals surface area (Å²) in [6.45, 7) is 4.37. The number of methoxy groups -OCH3 is 1. The first-order valence-corrected chi connectivity index (χ1v) is 18.5. The molecule has 14 heteroatoms. The molecule has 268 valence electrons. The maximum Gasteiger partial charge on any atom is 0.534 e. The summed E-state index contributed by atoms with van der Waals surface area (Å²) in [6, 6.07) is 9.73. The number of nitrogens with one attached hydrogen (secondary N) is 2.